The summed E-state index contributed by atoms with van der Waals surface area (Å²) in [6.07, 6.45) is 2.01. The van der Waals surface area contributed by atoms with Crippen molar-refractivity contribution in [2.24, 2.45) is 11.8 Å². The van der Waals surface area contributed by atoms with E-state index in [4.69, 9.17) is 18.8 Å². The fourth-order valence-electron chi connectivity index (χ4n) is 6.02. The fourth-order valence-corrected chi connectivity index (χ4v) is 6.02. The van der Waals surface area contributed by atoms with Gasteiger partial charge < -0.3 is 13.9 Å². The third-order valence-corrected chi connectivity index (χ3v) is 7.56. The summed E-state index contributed by atoms with van der Waals surface area (Å²) in [5, 5.41) is 10.3. The molecule has 2 aromatic rings. The quantitative estimate of drug-likeness (QED) is 0.328. The summed E-state index contributed by atoms with van der Waals surface area (Å²) in [4.78, 5) is 16.6. The van der Waals surface area contributed by atoms with Crippen molar-refractivity contribution in [3.8, 4) is 11.5 Å². The van der Waals surface area contributed by atoms with Crippen molar-refractivity contribution in [3.63, 3.8) is 0 Å². The summed E-state index contributed by atoms with van der Waals surface area (Å²) < 4.78 is 18.6. The maximum atomic E-state index is 11.8. The Bertz CT molecular complexity index is 1100. The van der Waals surface area contributed by atoms with Crippen LogP contribution in [-0.2, 0) is 4.89 Å². The molecule has 0 amide bonds. The lowest BCUT2D eigenvalue weighted by molar-refractivity contribution is -0.276. The predicted molar refractivity (Wildman–Crippen MR) is 112 cm³/mol. The van der Waals surface area contributed by atoms with Crippen LogP contribution in [0.1, 0.15) is 58.4 Å². The van der Waals surface area contributed by atoms with Gasteiger partial charge in [-0.15, -0.1) is 0 Å². The normalized spacial score (nSPS) is 31.6. The highest BCUT2D eigenvalue weighted by atomic mass is 17.1. The molecule has 1 aromatic carbocycles. The van der Waals surface area contributed by atoms with Gasteiger partial charge in [0.2, 0.25) is 0 Å². The molecule has 3 heterocycles. The highest BCUT2D eigenvalue weighted by Gasteiger charge is 2.60. The zero-order valence-electron chi connectivity index (χ0n) is 17.9. The van der Waals surface area contributed by atoms with Gasteiger partial charge in [-0.1, -0.05) is 6.58 Å². The van der Waals surface area contributed by atoms with Gasteiger partial charge in [0.15, 0.2) is 0 Å². The van der Waals surface area contributed by atoms with Gasteiger partial charge in [-0.3, -0.25) is 5.26 Å². The van der Waals surface area contributed by atoms with Crippen LogP contribution >= 0.6 is 0 Å². The molecular formula is C24H28O6. The van der Waals surface area contributed by atoms with Crippen LogP contribution in [0.15, 0.2) is 39.6 Å². The number of ether oxygens (including phenoxy) is 2. The highest BCUT2D eigenvalue weighted by Crippen LogP contribution is 2.64. The topological polar surface area (TPSA) is 78.1 Å². The second kappa shape index (κ2) is 6.34. The first-order chi connectivity index (χ1) is 14.1. The maximum absolute atomic E-state index is 11.8. The van der Waals surface area contributed by atoms with E-state index in [2.05, 4.69) is 27.4 Å². The van der Waals surface area contributed by atoms with Crippen LogP contribution in [0.5, 0.6) is 11.5 Å². The van der Waals surface area contributed by atoms with Crippen LogP contribution < -0.4 is 15.1 Å². The SMILES string of the molecule is C=C(C)[C@H](C[C@@H]1[C@@H]2c3c4cc5oc(=O)ccc5c3O[C@@]1(C)CC[C@H]2C(C)(C)O4)OO. The Kier molecular flexibility index (Phi) is 4.15. The van der Waals surface area contributed by atoms with Gasteiger partial charge in [0, 0.05) is 35.4 Å². The van der Waals surface area contributed by atoms with Gasteiger partial charge in [-0.25, -0.2) is 9.68 Å². The van der Waals surface area contributed by atoms with Crippen LogP contribution in [0.3, 0.4) is 0 Å². The molecule has 1 aliphatic carbocycles. The molecule has 2 bridgehead atoms. The van der Waals surface area contributed by atoms with E-state index in [1.807, 2.05) is 13.0 Å². The average Bonchev–Trinajstić information content (AvgIpc) is 2.64. The fraction of sp³-hybridized carbons (Fsp3) is 0.542. The van der Waals surface area contributed by atoms with E-state index in [-0.39, 0.29) is 17.4 Å². The number of benzene rings is 1. The summed E-state index contributed by atoms with van der Waals surface area (Å²) in [5.41, 5.74) is 1.09. The van der Waals surface area contributed by atoms with Crippen molar-refractivity contribution < 1.29 is 24.0 Å². The number of hydrogen-bond acceptors (Lipinski definition) is 6. The molecule has 2 aliphatic heterocycles. The Morgan fingerprint density at radius 3 is 2.80 bits per heavy atom. The first-order valence-electron chi connectivity index (χ1n) is 10.6. The molecule has 0 radical (unpaired) electrons. The number of rotatable bonds is 4. The minimum Gasteiger partial charge on any atom is -0.487 e. The number of fused-ring (bicyclic) bond motifs is 3. The molecule has 0 saturated heterocycles. The standard InChI is InChI=1S/C24H28O6/c1-12(2)16(30-26)10-15-20-14-8-9-24(15,5)29-22-13-6-7-19(25)27-17(13)11-18(21(20)22)28-23(14,3)4/h6-7,11,14-16,20,26H,1,8-10H2,2-5H3/t14-,15-,16+,20-,24+/m1/s1. The van der Waals surface area contributed by atoms with Crippen molar-refractivity contribution in [1.29, 1.82) is 0 Å². The van der Waals surface area contributed by atoms with Crippen molar-refractivity contribution in [3.05, 3.63) is 46.3 Å². The van der Waals surface area contributed by atoms with Gasteiger partial charge in [0.05, 0.1) is 5.39 Å². The molecule has 6 nitrogen and oxygen atoms in total. The highest BCUT2D eigenvalue weighted by molar-refractivity contribution is 5.88. The van der Waals surface area contributed by atoms with E-state index in [0.717, 1.165) is 35.1 Å². The molecule has 1 aromatic heterocycles. The lowest BCUT2D eigenvalue weighted by Crippen LogP contribution is -2.59. The zero-order chi connectivity index (χ0) is 21.4. The Morgan fingerprint density at radius 2 is 2.10 bits per heavy atom. The van der Waals surface area contributed by atoms with Crippen LogP contribution in [0, 0.1) is 11.8 Å². The Hall–Kier alpha value is -2.31. The largest absolute Gasteiger partial charge is 0.487 e. The van der Waals surface area contributed by atoms with Gasteiger partial charge in [-0.2, -0.15) is 0 Å². The average molecular weight is 412 g/mol. The summed E-state index contributed by atoms with van der Waals surface area (Å²) in [6, 6.07) is 5.03. The molecule has 3 aliphatic rings. The van der Waals surface area contributed by atoms with Crippen molar-refractivity contribution >= 4 is 11.0 Å². The van der Waals surface area contributed by atoms with Crippen molar-refractivity contribution in [2.45, 2.75) is 70.2 Å². The molecule has 0 spiro atoms. The van der Waals surface area contributed by atoms with Crippen molar-refractivity contribution in [1.82, 2.24) is 0 Å². The van der Waals surface area contributed by atoms with Gasteiger partial charge in [0.1, 0.15) is 34.4 Å². The molecule has 6 heteroatoms. The number of hydrogen-bond donors (Lipinski definition) is 1. The van der Waals surface area contributed by atoms with Crippen LogP contribution in [0.25, 0.3) is 11.0 Å². The molecular weight excluding hydrogens is 384 g/mol. The van der Waals surface area contributed by atoms with Crippen LogP contribution in [-0.4, -0.2) is 22.6 Å². The van der Waals surface area contributed by atoms with Gasteiger partial charge >= 0.3 is 5.63 Å². The molecule has 5 atom stereocenters. The first-order valence-corrected chi connectivity index (χ1v) is 10.6. The Labute approximate surface area is 175 Å². The first kappa shape index (κ1) is 19.6. The summed E-state index contributed by atoms with van der Waals surface area (Å²) in [7, 11) is 0. The van der Waals surface area contributed by atoms with E-state index in [0.29, 0.717) is 23.7 Å². The minimum atomic E-state index is -0.453. The molecule has 160 valence electrons. The Morgan fingerprint density at radius 1 is 1.33 bits per heavy atom. The van der Waals surface area contributed by atoms with Crippen LogP contribution in [0.2, 0.25) is 0 Å². The summed E-state index contributed by atoms with van der Waals surface area (Å²) in [6.45, 7) is 12.2. The molecule has 30 heavy (non-hydrogen) atoms. The third kappa shape index (κ3) is 2.66. The lowest BCUT2D eigenvalue weighted by Gasteiger charge is -2.59. The van der Waals surface area contributed by atoms with Crippen LogP contribution in [0.4, 0.5) is 0 Å². The van der Waals surface area contributed by atoms with E-state index in [1.54, 1.807) is 6.07 Å². The monoisotopic (exact) mass is 412 g/mol. The predicted octanol–water partition coefficient (Wildman–Crippen LogP) is 5.05. The molecule has 0 unspecified atom stereocenters. The van der Waals surface area contributed by atoms with E-state index in [1.165, 1.54) is 6.07 Å². The maximum Gasteiger partial charge on any atom is 0.336 e. The zero-order valence-corrected chi connectivity index (χ0v) is 17.9. The van der Waals surface area contributed by atoms with E-state index >= 15 is 0 Å². The molecule has 1 N–H and O–H groups in total. The van der Waals surface area contributed by atoms with Crippen molar-refractivity contribution in [2.75, 3.05) is 0 Å². The molecule has 5 rings (SSSR count). The van der Waals surface area contributed by atoms with Gasteiger partial charge in [0.25, 0.3) is 0 Å². The smallest absolute Gasteiger partial charge is 0.336 e. The lowest BCUT2D eigenvalue weighted by atomic mass is 9.55. The Balaban J connectivity index is 1.76. The summed E-state index contributed by atoms with van der Waals surface area (Å²) >= 11 is 0. The van der Waals surface area contributed by atoms with E-state index < -0.39 is 17.3 Å². The minimum absolute atomic E-state index is 0.118. The van der Waals surface area contributed by atoms with Gasteiger partial charge in [-0.05, 0) is 58.6 Å². The molecule has 1 fully saturated rings. The van der Waals surface area contributed by atoms with E-state index in [9.17, 15) is 10.1 Å². The molecule has 1 saturated carbocycles. The summed E-state index contributed by atoms with van der Waals surface area (Å²) in [5.74, 6) is 2.06. The third-order valence-electron chi connectivity index (χ3n) is 7.56. The second-order valence-electron chi connectivity index (χ2n) is 9.86. The second-order valence-corrected chi connectivity index (χ2v) is 9.86.